The van der Waals surface area contributed by atoms with Gasteiger partial charge in [-0.1, -0.05) is 70.6 Å². The second-order valence-electron chi connectivity index (χ2n) is 8.20. The van der Waals surface area contributed by atoms with Crippen molar-refractivity contribution in [1.82, 2.24) is 0 Å². The average Bonchev–Trinajstić information content (AvgIpc) is 2.75. The van der Waals surface area contributed by atoms with Gasteiger partial charge in [-0.05, 0) is 58.5 Å². The maximum atomic E-state index is 13.1. The summed E-state index contributed by atoms with van der Waals surface area (Å²) < 4.78 is 12.1. The second kappa shape index (κ2) is 16.4. The quantitative estimate of drug-likeness (QED) is 0.172. The fraction of sp³-hybridized carbons (Fsp3) is 0.519. The van der Waals surface area contributed by atoms with Crippen molar-refractivity contribution in [3.05, 3.63) is 53.1 Å². The molecule has 0 saturated heterocycles. The normalized spacial score (nSPS) is 10.9. The molecule has 0 aliphatic heterocycles. The fourth-order valence-electron chi connectivity index (χ4n) is 3.60. The molecule has 0 aliphatic rings. The second-order valence-corrected chi connectivity index (χ2v) is 9.44. The summed E-state index contributed by atoms with van der Waals surface area (Å²) in [6.07, 6.45) is 9.36. The number of benzene rings is 2. The Morgan fingerprint density at radius 1 is 0.812 bits per heavy atom. The number of hydrogen-bond acceptors (Lipinski definition) is 3. The van der Waals surface area contributed by atoms with E-state index in [1.165, 1.54) is 38.5 Å². The van der Waals surface area contributed by atoms with Gasteiger partial charge in [0.2, 0.25) is 0 Å². The molecule has 2 aromatic carbocycles. The summed E-state index contributed by atoms with van der Waals surface area (Å²) in [5.74, 6) is 1.62. The summed E-state index contributed by atoms with van der Waals surface area (Å²) in [5, 5.41) is 0.960. The van der Waals surface area contributed by atoms with Gasteiger partial charge in [-0.2, -0.15) is 0 Å². The molecule has 0 radical (unpaired) electrons. The van der Waals surface area contributed by atoms with Crippen LogP contribution >= 0.6 is 8.58 Å². The van der Waals surface area contributed by atoms with Crippen LogP contribution < -0.4 is 14.8 Å². The van der Waals surface area contributed by atoms with Crippen LogP contribution in [0.3, 0.4) is 0 Å². The molecule has 0 spiro atoms. The number of hydrogen-bond donors (Lipinski definition) is 0. The van der Waals surface area contributed by atoms with Gasteiger partial charge in [-0.3, -0.25) is 4.79 Å². The van der Waals surface area contributed by atoms with E-state index in [1.807, 2.05) is 50.2 Å². The molecule has 0 saturated carbocycles. The predicted molar refractivity (Wildman–Crippen MR) is 141 cm³/mol. The fourth-order valence-corrected chi connectivity index (χ4v) is 4.80. The molecule has 1 unspecified atom stereocenters. The minimum atomic E-state index is 0. The molecule has 32 heavy (non-hydrogen) atoms. The molecule has 0 aromatic heterocycles. The van der Waals surface area contributed by atoms with Crippen LogP contribution in [-0.4, -0.2) is 37.6 Å². The Morgan fingerprint density at radius 3 is 2.00 bits per heavy atom. The van der Waals surface area contributed by atoms with Gasteiger partial charge in [0, 0.05) is 16.9 Å². The standard InChI is InChI=1S/C27H39O3P.Li.H/c1-5-7-9-11-18-29-23-16-17-25(24(20-23)30-19-12-10-8-6-2)31-27(28)26-21(3)14-13-15-22(26)4;;/h13-17,20,31H,5-12,18-19H2,1-4H3;;. The Labute approximate surface area is 209 Å². The molecule has 0 bridgehead atoms. The third-order valence-corrected chi connectivity index (χ3v) is 6.59. The molecule has 2 aromatic rings. The van der Waals surface area contributed by atoms with Gasteiger partial charge in [0.25, 0.3) is 0 Å². The Morgan fingerprint density at radius 2 is 1.41 bits per heavy atom. The van der Waals surface area contributed by atoms with Crippen molar-refractivity contribution in [2.75, 3.05) is 13.2 Å². The molecule has 0 amide bonds. The van der Waals surface area contributed by atoms with Crippen LogP contribution in [0.4, 0.5) is 0 Å². The van der Waals surface area contributed by atoms with E-state index in [4.69, 9.17) is 9.47 Å². The molecule has 3 nitrogen and oxygen atoms in total. The molecule has 172 valence electrons. The minimum absolute atomic E-state index is 0. The van der Waals surface area contributed by atoms with Crippen LogP contribution in [0.25, 0.3) is 0 Å². The van der Waals surface area contributed by atoms with Gasteiger partial charge < -0.3 is 9.47 Å². The van der Waals surface area contributed by atoms with E-state index in [1.54, 1.807) is 0 Å². The van der Waals surface area contributed by atoms with Crippen LogP contribution in [0.2, 0.25) is 0 Å². The number of carbonyl (C=O) groups excluding carboxylic acids is 1. The van der Waals surface area contributed by atoms with Crippen molar-refractivity contribution in [1.29, 1.82) is 0 Å². The first-order chi connectivity index (χ1) is 15.1. The van der Waals surface area contributed by atoms with Crippen molar-refractivity contribution < 1.29 is 14.3 Å². The van der Waals surface area contributed by atoms with E-state index in [0.29, 0.717) is 6.61 Å². The number of rotatable bonds is 15. The van der Waals surface area contributed by atoms with E-state index >= 15 is 0 Å². The summed E-state index contributed by atoms with van der Waals surface area (Å²) in [6, 6.07) is 12.0. The van der Waals surface area contributed by atoms with Gasteiger partial charge in [0.1, 0.15) is 11.5 Å². The van der Waals surface area contributed by atoms with E-state index in [0.717, 1.165) is 52.9 Å². The number of ether oxygens (including phenoxy) is 2. The number of unbranched alkanes of at least 4 members (excludes halogenated alkanes) is 6. The van der Waals surface area contributed by atoms with Crippen molar-refractivity contribution >= 4 is 38.3 Å². The van der Waals surface area contributed by atoms with E-state index in [2.05, 4.69) is 13.8 Å². The zero-order valence-electron chi connectivity index (χ0n) is 19.8. The predicted octanol–water partition coefficient (Wildman–Crippen LogP) is 6.72. The number of carbonyl (C=O) groups is 1. The Hall–Kier alpha value is -1.26. The first-order valence-corrected chi connectivity index (χ1v) is 12.8. The van der Waals surface area contributed by atoms with Crippen LogP contribution in [0.1, 0.15) is 86.7 Å². The Bertz CT molecular complexity index is 802. The third kappa shape index (κ3) is 9.70. The summed E-state index contributed by atoms with van der Waals surface area (Å²) >= 11 is 0. The van der Waals surface area contributed by atoms with E-state index < -0.39 is 0 Å². The van der Waals surface area contributed by atoms with Gasteiger partial charge in [0.15, 0.2) is 5.52 Å². The number of aryl methyl sites for hydroxylation is 2. The molecule has 0 heterocycles. The van der Waals surface area contributed by atoms with Gasteiger partial charge in [-0.15, -0.1) is 0 Å². The van der Waals surface area contributed by atoms with Gasteiger partial charge in [-0.25, -0.2) is 0 Å². The van der Waals surface area contributed by atoms with Crippen molar-refractivity contribution in [2.24, 2.45) is 0 Å². The first kappa shape index (κ1) is 28.8. The Kier molecular flexibility index (Phi) is 14.7. The zero-order chi connectivity index (χ0) is 22.5. The van der Waals surface area contributed by atoms with Crippen molar-refractivity contribution in [2.45, 2.75) is 79.1 Å². The molecule has 0 fully saturated rings. The van der Waals surface area contributed by atoms with Crippen LogP contribution in [0.5, 0.6) is 11.5 Å². The van der Waals surface area contributed by atoms with Gasteiger partial charge in [0.05, 0.1) is 13.2 Å². The molecule has 5 heteroatoms. The SMILES string of the molecule is CCCCCCOc1ccc(PC(=O)c2c(C)cccc2C)c(OCCCCCC)c1.[LiH]. The molecule has 0 N–H and O–H groups in total. The molecule has 1 atom stereocenters. The average molecular weight is 451 g/mol. The zero-order valence-corrected chi connectivity index (χ0v) is 20.8. The molecule has 0 aliphatic carbocycles. The van der Waals surface area contributed by atoms with Crippen LogP contribution in [0.15, 0.2) is 36.4 Å². The first-order valence-electron chi connectivity index (χ1n) is 11.8. The van der Waals surface area contributed by atoms with Crippen LogP contribution in [0, 0.1) is 13.8 Å². The molecule has 2 rings (SSSR count). The van der Waals surface area contributed by atoms with Crippen molar-refractivity contribution in [3.63, 3.8) is 0 Å². The van der Waals surface area contributed by atoms with E-state index in [-0.39, 0.29) is 33.0 Å². The topological polar surface area (TPSA) is 35.5 Å². The molecular formula is C27H40LiO3P. The monoisotopic (exact) mass is 450 g/mol. The summed E-state index contributed by atoms with van der Waals surface area (Å²) in [7, 11) is 0.0387. The molecular weight excluding hydrogens is 410 g/mol. The summed E-state index contributed by atoms with van der Waals surface area (Å²) in [5.41, 5.74) is 3.07. The Balaban J connectivity index is 0.00000512. The van der Waals surface area contributed by atoms with E-state index in [9.17, 15) is 4.79 Å². The maximum absolute atomic E-state index is 13.1. The van der Waals surface area contributed by atoms with Crippen molar-refractivity contribution in [3.8, 4) is 11.5 Å². The van der Waals surface area contributed by atoms with Gasteiger partial charge >= 0.3 is 18.9 Å². The summed E-state index contributed by atoms with van der Waals surface area (Å²) in [4.78, 5) is 13.1. The third-order valence-electron chi connectivity index (χ3n) is 5.43. The van der Waals surface area contributed by atoms with Crippen LogP contribution in [-0.2, 0) is 0 Å². The summed E-state index contributed by atoms with van der Waals surface area (Å²) in [6.45, 7) is 9.83.